The maximum atomic E-state index is 10.5. The molecule has 0 bridgehead atoms. The van der Waals surface area contributed by atoms with E-state index in [1.54, 1.807) is 12.1 Å². The summed E-state index contributed by atoms with van der Waals surface area (Å²) in [4.78, 5) is 10.5. The molecule has 1 N–H and O–H groups in total. The molecule has 0 heterocycles. The topological polar surface area (TPSA) is 40.9 Å². The molecule has 0 unspecified atom stereocenters. The molecule has 0 aliphatic carbocycles. The molecular weight excluding hydrogens is 704 g/mol. The minimum Gasteiger partial charge on any atom is -1.00 e. The zero-order chi connectivity index (χ0) is 25.2. The van der Waals surface area contributed by atoms with Gasteiger partial charge in [-0.2, -0.15) is 0 Å². The van der Waals surface area contributed by atoms with Gasteiger partial charge in [-0.25, -0.2) is 0 Å². The molecule has 39 heavy (non-hydrogen) atoms. The van der Waals surface area contributed by atoms with E-state index in [1.807, 2.05) is 19.1 Å². The van der Waals surface area contributed by atoms with Gasteiger partial charge in [0.1, 0.15) is 9.52 Å². The number of rotatable bonds is 3. The molecule has 0 spiro atoms. The fourth-order valence-electron chi connectivity index (χ4n) is 3.94. The van der Waals surface area contributed by atoms with E-state index in [-0.39, 0.29) is 50.7 Å². The number of carbonyl (C=O) groups is 1. The van der Waals surface area contributed by atoms with Gasteiger partial charge >= 0.3 is 25.8 Å². The fourth-order valence-corrected chi connectivity index (χ4v) is 4.99. The third-order valence-electron chi connectivity index (χ3n) is 5.75. The molecule has 6 aromatic carbocycles. The zero-order valence-electron chi connectivity index (χ0n) is 21.4. The number of amides is 1. The number of aryl methyl sites for hydroxylation is 1. The van der Waals surface area contributed by atoms with Gasteiger partial charge in [-0.05, 0) is 12.5 Å². The minimum atomic E-state index is -0.613. The van der Waals surface area contributed by atoms with Crippen molar-refractivity contribution in [3.8, 4) is 0 Å². The Morgan fingerprint density at radius 1 is 0.590 bits per heavy atom. The number of hydrogen-bond donors (Lipinski definition) is 0. The van der Waals surface area contributed by atoms with Crippen molar-refractivity contribution in [2.75, 3.05) is 0 Å². The molecule has 6 aromatic rings. The molecule has 1 amide bonds. The first-order valence-electron chi connectivity index (χ1n) is 11.8. The maximum Gasteiger partial charge on any atom is 4.00 e. The first-order chi connectivity index (χ1) is 17.6. The van der Waals surface area contributed by atoms with Crippen LogP contribution < -0.4 is 35.2 Å². The number of hydrogen-bond acceptors (Lipinski definition) is 1. The second-order valence-electron chi connectivity index (χ2n) is 8.32. The molecule has 0 aliphatic rings. The number of fused-ring (bicyclic) bond motifs is 3. The summed E-state index contributed by atoms with van der Waals surface area (Å²) < 4.78 is 0. The van der Waals surface area contributed by atoms with Gasteiger partial charge in [-0.15, -0.1) is 39.7 Å². The molecule has 192 valence electrons. The van der Waals surface area contributed by atoms with E-state index in [2.05, 4.69) is 115 Å². The second kappa shape index (κ2) is 17.6. The summed E-state index contributed by atoms with van der Waals surface area (Å²) in [6, 6.07) is 47.5. The molecule has 0 atom stereocenters. The molecule has 2 nitrogen and oxygen atoms in total. The minimum absolute atomic E-state index is 0. The number of benzene rings is 5. The molecule has 6 rings (SSSR count). The summed E-state index contributed by atoms with van der Waals surface area (Å²) in [6.45, 7) is 1.82. The van der Waals surface area contributed by atoms with E-state index in [9.17, 15) is 4.79 Å². The molecule has 0 saturated heterocycles. The fraction of sp³-hybridized carbons (Fsp3) is 0.0303. The normalized spacial score (nSPS) is 9.36. The summed E-state index contributed by atoms with van der Waals surface area (Å²) in [5.74, 6) is -0.613. The summed E-state index contributed by atoms with van der Waals surface area (Å²) in [6.07, 6.45) is 0. The SMILES string of the molecule is Cc1ccccc1C([NH-])=O.[Cl-].[Cl-].[Hf+4].c1ccc([Si]c2ccccc2)cc1.c1ccc2c(c1)[cH-]c1ccccc12. The average molecular weight is 731 g/mol. The molecule has 0 aromatic heterocycles. The van der Waals surface area contributed by atoms with Crippen molar-refractivity contribution in [2.45, 2.75) is 6.92 Å². The van der Waals surface area contributed by atoms with E-state index in [0.29, 0.717) is 5.56 Å². The summed E-state index contributed by atoms with van der Waals surface area (Å²) in [5.41, 5.74) is 8.17. The Hall–Kier alpha value is -2.89. The summed E-state index contributed by atoms with van der Waals surface area (Å²) in [7, 11) is 0.777. The summed E-state index contributed by atoms with van der Waals surface area (Å²) in [5, 5.41) is 8.19. The van der Waals surface area contributed by atoms with Crippen molar-refractivity contribution in [2.24, 2.45) is 0 Å². The zero-order valence-corrected chi connectivity index (χ0v) is 27.5. The van der Waals surface area contributed by atoms with Crippen molar-refractivity contribution in [3.05, 3.63) is 156 Å². The van der Waals surface area contributed by atoms with Crippen LogP contribution in [0.4, 0.5) is 0 Å². The Morgan fingerprint density at radius 3 is 1.38 bits per heavy atom. The van der Waals surface area contributed by atoms with Crippen LogP contribution in [0.2, 0.25) is 0 Å². The van der Waals surface area contributed by atoms with E-state index in [0.717, 1.165) is 15.1 Å². The van der Waals surface area contributed by atoms with Crippen LogP contribution in [0.3, 0.4) is 0 Å². The van der Waals surface area contributed by atoms with Crippen molar-refractivity contribution < 1.29 is 55.5 Å². The molecule has 0 saturated carbocycles. The van der Waals surface area contributed by atoms with Gasteiger partial charge in [-0.3, -0.25) is 0 Å². The Morgan fingerprint density at radius 2 is 0.974 bits per heavy atom. The van der Waals surface area contributed by atoms with Crippen LogP contribution in [-0.2, 0) is 25.8 Å². The van der Waals surface area contributed by atoms with Gasteiger partial charge in [-0.1, -0.05) is 132 Å². The van der Waals surface area contributed by atoms with Crippen molar-refractivity contribution in [3.63, 3.8) is 0 Å². The standard InChI is InChI=1S/C13H9.C12H10Si.C8H9NO.2ClH.Hf/c1-3-7-12-10(5-1)9-11-6-2-4-8-13(11)12;1-3-7-11(8-4-1)13-12-9-5-2-6-10-12;1-6-4-2-3-5-7(6)8(9)10;;;/h1-9H;1-10H;2-5H,1H3,(H2,9,10);2*1H;/q-1;;;;;+4/p-3. The predicted molar refractivity (Wildman–Crippen MR) is 155 cm³/mol. The number of carbonyl (C=O) groups excluding carboxylic acids is 1. The van der Waals surface area contributed by atoms with E-state index < -0.39 is 5.91 Å². The first-order valence-corrected chi connectivity index (χ1v) is 12.8. The Kier molecular flexibility index (Phi) is 15.4. The number of nitrogens with one attached hydrogen (secondary N) is 1. The maximum absolute atomic E-state index is 10.5. The van der Waals surface area contributed by atoms with Crippen LogP contribution in [0.25, 0.3) is 27.3 Å². The molecule has 0 fully saturated rings. The van der Waals surface area contributed by atoms with Crippen molar-refractivity contribution in [1.29, 1.82) is 0 Å². The Balaban J connectivity index is 0.000000285. The van der Waals surface area contributed by atoms with Crippen LogP contribution in [-0.4, -0.2) is 15.4 Å². The van der Waals surface area contributed by atoms with Crippen molar-refractivity contribution in [1.82, 2.24) is 0 Å². The van der Waals surface area contributed by atoms with Crippen LogP contribution in [0.15, 0.2) is 140 Å². The third kappa shape index (κ3) is 9.98. The molecule has 0 aliphatic heterocycles. The summed E-state index contributed by atoms with van der Waals surface area (Å²) >= 11 is 0. The van der Waals surface area contributed by atoms with E-state index >= 15 is 0 Å². The number of halogens is 2. The third-order valence-corrected chi connectivity index (χ3v) is 6.99. The van der Waals surface area contributed by atoms with Gasteiger partial charge in [0.15, 0.2) is 0 Å². The van der Waals surface area contributed by atoms with Gasteiger partial charge in [0.25, 0.3) is 0 Å². The molecule has 2 radical (unpaired) electrons. The van der Waals surface area contributed by atoms with E-state index in [1.165, 1.54) is 31.9 Å². The smallest absolute Gasteiger partial charge is 1.00 e. The van der Waals surface area contributed by atoms with Gasteiger partial charge in [0, 0.05) is 5.56 Å². The Bertz CT molecular complexity index is 1470. The quantitative estimate of drug-likeness (QED) is 0.200. The second-order valence-corrected chi connectivity index (χ2v) is 9.72. The van der Waals surface area contributed by atoms with Gasteiger partial charge in [0.2, 0.25) is 0 Å². The molecule has 6 heteroatoms. The van der Waals surface area contributed by atoms with E-state index in [4.69, 9.17) is 5.73 Å². The van der Waals surface area contributed by atoms with Crippen LogP contribution >= 0.6 is 0 Å². The van der Waals surface area contributed by atoms with Gasteiger partial charge in [0.05, 0.1) is 5.91 Å². The predicted octanol–water partition coefficient (Wildman–Crippen LogP) is 1.25. The van der Waals surface area contributed by atoms with Crippen molar-refractivity contribution >= 4 is 47.3 Å². The largest absolute Gasteiger partial charge is 4.00 e. The Labute approximate surface area is 264 Å². The molecular formula is C33H27Cl2HfNOSi. The van der Waals surface area contributed by atoms with Gasteiger partial charge < -0.3 is 35.3 Å². The van der Waals surface area contributed by atoms with Crippen LogP contribution in [0.5, 0.6) is 0 Å². The first kappa shape index (κ1) is 34.1. The van der Waals surface area contributed by atoms with Crippen LogP contribution in [0, 0.1) is 6.92 Å². The average Bonchev–Trinajstić information content (AvgIpc) is 3.30. The monoisotopic (exact) mass is 731 g/mol. The van der Waals surface area contributed by atoms with Crippen LogP contribution in [0.1, 0.15) is 15.9 Å².